The van der Waals surface area contributed by atoms with E-state index in [1.807, 2.05) is 0 Å². The Labute approximate surface area is 173 Å². The second-order valence-electron chi connectivity index (χ2n) is 6.59. The molecule has 168 valence electrons. The first kappa shape index (κ1) is 24.5. The third-order valence-corrected chi connectivity index (χ3v) is 8.12. The van der Waals surface area contributed by atoms with Gasteiger partial charge in [0.05, 0.1) is 25.4 Å². The molecule has 2 heterocycles. The molecule has 2 aliphatic heterocycles. The van der Waals surface area contributed by atoms with E-state index >= 15 is 0 Å². The SMILES string of the molecule is CC(=O)ON(C)C(=O)CCS[P@@](=O)(OC[C@H]1OCC[C@H]1O)O[C@@H]1CCO[C@@H]1CO. The summed E-state index contributed by atoms with van der Waals surface area (Å²) >= 11 is 0.821. The van der Waals surface area contributed by atoms with E-state index in [9.17, 15) is 24.4 Å². The molecule has 0 spiro atoms. The van der Waals surface area contributed by atoms with Crippen molar-refractivity contribution in [2.45, 2.75) is 50.6 Å². The molecular weight excluding hydrogens is 429 g/mol. The van der Waals surface area contributed by atoms with Gasteiger partial charge in [0.1, 0.15) is 12.2 Å². The zero-order valence-corrected chi connectivity index (χ0v) is 18.1. The van der Waals surface area contributed by atoms with Crippen molar-refractivity contribution < 1.29 is 47.7 Å². The molecule has 0 aliphatic carbocycles. The van der Waals surface area contributed by atoms with Crippen LogP contribution in [0.5, 0.6) is 0 Å². The lowest BCUT2D eigenvalue weighted by Gasteiger charge is -2.25. The maximum atomic E-state index is 13.3. The molecule has 0 aromatic rings. The predicted molar refractivity (Wildman–Crippen MR) is 102 cm³/mol. The van der Waals surface area contributed by atoms with Gasteiger partial charge in [0, 0.05) is 45.8 Å². The summed E-state index contributed by atoms with van der Waals surface area (Å²) in [6.45, 7) is -2.26. The highest BCUT2D eigenvalue weighted by Gasteiger charge is 2.39. The smallest absolute Gasteiger partial charge is 0.389 e. The van der Waals surface area contributed by atoms with Gasteiger partial charge in [0.15, 0.2) is 0 Å². The maximum absolute atomic E-state index is 13.3. The number of aliphatic hydroxyl groups is 2. The number of carbonyl (C=O) groups is 2. The van der Waals surface area contributed by atoms with Crippen LogP contribution in [0.4, 0.5) is 0 Å². The molecule has 0 unspecified atom stereocenters. The van der Waals surface area contributed by atoms with Crippen molar-refractivity contribution in [2.24, 2.45) is 0 Å². The minimum absolute atomic E-state index is 0.0711. The van der Waals surface area contributed by atoms with E-state index in [4.69, 9.17) is 18.5 Å². The second kappa shape index (κ2) is 11.6. The first-order chi connectivity index (χ1) is 13.7. The summed E-state index contributed by atoms with van der Waals surface area (Å²) in [7, 11) is 1.31. The Kier molecular flexibility index (Phi) is 9.83. The fourth-order valence-corrected chi connectivity index (χ4v) is 6.24. The predicted octanol–water partition coefficient (Wildman–Crippen LogP) is 0.487. The Balaban J connectivity index is 1.93. The Bertz CT molecular complexity index is 608. The third kappa shape index (κ3) is 7.80. The van der Waals surface area contributed by atoms with Crippen LogP contribution in [-0.4, -0.2) is 90.8 Å². The van der Waals surface area contributed by atoms with Crippen molar-refractivity contribution in [3.63, 3.8) is 0 Å². The fourth-order valence-electron chi connectivity index (χ4n) is 2.79. The highest BCUT2D eigenvalue weighted by molar-refractivity contribution is 8.55. The summed E-state index contributed by atoms with van der Waals surface area (Å²) in [5.41, 5.74) is 0. The monoisotopic (exact) mass is 457 g/mol. The van der Waals surface area contributed by atoms with E-state index in [0.717, 1.165) is 16.4 Å². The summed E-state index contributed by atoms with van der Waals surface area (Å²) in [6.07, 6.45) is -1.73. The largest absolute Gasteiger partial charge is 0.394 e. The van der Waals surface area contributed by atoms with Crippen LogP contribution >= 0.6 is 18.2 Å². The summed E-state index contributed by atoms with van der Waals surface area (Å²) in [4.78, 5) is 27.6. The number of hydrogen-bond donors (Lipinski definition) is 2. The summed E-state index contributed by atoms with van der Waals surface area (Å²) in [5.74, 6) is -1.03. The third-order valence-electron chi connectivity index (χ3n) is 4.35. The molecule has 0 bridgehead atoms. The number of nitrogens with zero attached hydrogens (tertiary/aromatic N) is 1. The summed E-state index contributed by atoms with van der Waals surface area (Å²) in [5, 5.41) is 20.0. The number of amides is 1. The van der Waals surface area contributed by atoms with E-state index in [1.165, 1.54) is 14.0 Å². The van der Waals surface area contributed by atoms with Crippen LogP contribution in [0, 0.1) is 0 Å². The minimum Gasteiger partial charge on any atom is -0.394 e. The quantitative estimate of drug-likeness (QED) is 0.350. The molecule has 29 heavy (non-hydrogen) atoms. The van der Waals surface area contributed by atoms with Gasteiger partial charge in [-0.3, -0.25) is 18.6 Å². The standard InChI is InChI=1S/C16H28NO10PS/c1-11(19)26-17(2)16(21)5-8-29-28(22,25-10-15-12(20)3-6-24-15)27-13-4-7-23-14(13)9-18/h12-15,18,20H,3-10H2,1-2H3/t12-,13-,14-,15-,28+/m1/s1. The van der Waals surface area contributed by atoms with Crippen molar-refractivity contribution in [1.29, 1.82) is 0 Å². The van der Waals surface area contributed by atoms with E-state index in [1.54, 1.807) is 0 Å². The molecule has 2 rings (SSSR count). The molecule has 2 aliphatic rings. The van der Waals surface area contributed by atoms with E-state index in [0.29, 0.717) is 26.1 Å². The topological polar surface area (TPSA) is 141 Å². The molecule has 2 saturated heterocycles. The average molecular weight is 457 g/mol. The normalized spacial score (nSPS) is 28.8. The first-order valence-electron chi connectivity index (χ1n) is 9.29. The van der Waals surface area contributed by atoms with Crippen LogP contribution in [0.25, 0.3) is 0 Å². The fraction of sp³-hybridized carbons (Fsp3) is 0.875. The molecule has 2 N–H and O–H groups in total. The minimum atomic E-state index is -3.76. The molecule has 0 radical (unpaired) electrons. The van der Waals surface area contributed by atoms with E-state index in [-0.39, 0.29) is 25.4 Å². The Morgan fingerprint density at radius 3 is 2.55 bits per heavy atom. The summed E-state index contributed by atoms with van der Waals surface area (Å²) in [6, 6.07) is 0. The molecule has 1 amide bonds. The van der Waals surface area contributed by atoms with Gasteiger partial charge in [-0.15, -0.1) is 0 Å². The lowest BCUT2D eigenvalue weighted by molar-refractivity contribution is -0.190. The van der Waals surface area contributed by atoms with Gasteiger partial charge < -0.3 is 24.5 Å². The number of ether oxygens (including phenoxy) is 2. The van der Waals surface area contributed by atoms with Crippen LogP contribution in [0.15, 0.2) is 0 Å². The van der Waals surface area contributed by atoms with Gasteiger partial charge in [-0.1, -0.05) is 0 Å². The first-order valence-corrected chi connectivity index (χ1v) is 12.4. The van der Waals surface area contributed by atoms with Gasteiger partial charge in [0.2, 0.25) is 0 Å². The van der Waals surface area contributed by atoms with Crippen molar-refractivity contribution >= 4 is 30.1 Å². The van der Waals surface area contributed by atoms with Crippen molar-refractivity contribution in [3.8, 4) is 0 Å². The van der Waals surface area contributed by atoms with Crippen LogP contribution in [0.1, 0.15) is 26.2 Å². The Morgan fingerprint density at radius 2 is 1.93 bits per heavy atom. The van der Waals surface area contributed by atoms with Crippen LogP contribution < -0.4 is 0 Å². The van der Waals surface area contributed by atoms with Gasteiger partial charge in [-0.25, -0.2) is 4.57 Å². The second-order valence-corrected chi connectivity index (χ2v) is 10.7. The van der Waals surface area contributed by atoms with E-state index < -0.39 is 43.1 Å². The highest BCUT2D eigenvalue weighted by atomic mass is 32.7. The molecule has 2 fully saturated rings. The summed E-state index contributed by atoms with van der Waals surface area (Å²) < 4.78 is 35.1. The lowest BCUT2D eigenvalue weighted by atomic mass is 10.2. The number of hydrogen-bond acceptors (Lipinski definition) is 11. The average Bonchev–Trinajstić information content (AvgIpc) is 3.27. The maximum Gasteiger partial charge on any atom is 0.389 e. The zero-order valence-electron chi connectivity index (χ0n) is 16.4. The molecule has 5 atom stereocenters. The number of carbonyl (C=O) groups excluding carboxylic acids is 2. The number of aliphatic hydroxyl groups excluding tert-OH is 2. The van der Waals surface area contributed by atoms with Gasteiger partial charge in [-0.05, 0) is 17.8 Å². The van der Waals surface area contributed by atoms with E-state index in [2.05, 4.69) is 4.84 Å². The number of hydroxylamine groups is 2. The Morgan fingerprint density at radius 1 is 1.24 bits per heavy atom. The van der Waals surface area contributed by atoms with Crippen LogP contribution in [0.3, 0.4) is 0 Å². The molecule has 13 heteroatoms. The zero-order chi connectivity index (χ0) is 21.4. The van der Waals surface area contributed by atoms with Crippen LogP contribution in [0.2, 0.25) is 0 Å². The van der Waals surface area contributed by atoms with Crippen molar-refractivity contribution in [3.05, 3.63) is 0 Å². The van der Waals surface area contributed by atoms with Gasteiger partial charge in [-0.2, -0.15) is 5.06 Å². The lowest BCUT2D eigenvalue weighted by Crippen LogP contribution is -2.29. The van der Waals surface area contributed by atoms with Gasteiger partial charge in [0.25, 0.3) is 5.91 Å². The molecule has 11 nitrogen and oxygen atoms in total. The van der Waals surface area contributed by atoms with Crippen molar-refractivity contribution in [1.82, 2.24) is 5.06 Å². The van der Waals surface area contributed by atoms with Gasteiger partial charge >= 0.3 is 12.8 Å². The van der Waals surface area contributed by atoms with Crippen molar-refractivity contribution in [2.75, 3.05) is 39.2 Å². The Hall–Kier alpha value is -0.720. The molecule has 0 saturated carbocycles. The molecule has 0 aromatic carbocycles. The van der Waals surface area contributed by atoms with Crippen LogP contribution in [-0.2, 0) is 37.5 Å². The highest BCUT2D eigenvalue weighted by Crippen LogP contribution is 2.62. The molecule has 0 aromatic heterocycles. The number of rotatable bonds is 10. The molecular formula is C16H28NO10PS.